The number of sulfonamides is 1. The van der Waals surface area contributed by atoms with Gasteiger partial charge < -0.3 is 5.32 Å². The van der Waals surface area contributed by atoms with Crippen LogP contribution in [0, 0.1) is 12.8 Å². The number of aryl methyl sites for hydroxylation is 1. The second-order valence-electron chi connectivity index (χ2n) is 5.33. The Bertz CT molecular complexity index is 642. The minimum absolute atomic E-state index is 0.0241. The van der Waals surface area contributed by atoms with Crippen LogP contribution in [-0.4, -0.2) is 33.7 Å². The van der Waals surface area contributed by atoms with E-state index >= 15 is 0 Å². The van der Waals surface area contributed by atoms with Crippen molar-refractivity contribution < 1.29 is 13.2 Å². The lowest BCUT2D eigenvalue weighted by atomic mass is 10.2. The largest absolute Gasteiger partial charge is 0.354 e. The summed E-state index contributed by atoms with van der Waals surface area (Å²) in [7, 11) is -3.39. The van der Waals surface area contributed by atoms with E-state index in [0.717, 1.165) is 22.9 Å². The molecule has 1 N–H and O–H groups in total. The van der Waals surface area contributed by atoms with Gasteiger partial charge in [-0.25, -0.2) is 8.42 Å². The third-order valence-electron chi connectivity index (χ3n) is 3.39. The topological polar surface area (TPSA) is 66.5 Å². The van der Waals surface area contributed by atoms with Crippen molar-refractivity contribution in [1.82, 2.24) is 5.32 Å². The van der Waals surface area contributed by atoms with Crippen LogP contribution in [0.4, 0.5) is 5.69 Å². The Balaban J connectivity index is 2.09. The number of hydrogen-bond acceptors (Lipinski definition) is 3. The van der Waals surface area contributed by atoms with Crippen LogP contribution in [0.1, 0.15) is 18.4 Å². The molecule has 0 aliphatic heterocycles. The van der Waals surface area contributed by atoms with E-state index in [1.165, 1.54) is 10.6 Å². The molecule has 1 aliphatic carbocycles. The monoisotopic (exact) mass is 374 g/mol. The number of anilines is 1. The van der Waals surface area contributed by atoms with E-state index in [1.807, 2.05) is 19.1 Å². The first-order valence-corrected chi connectivity index (χ1v) is 9.45. The maximum Gasteiger partial charge on any atom is 0.232 e. The number of carbonyl (C=O) groups excluding carboxylic acids is 1. The molecule has 0 saturated heterocycles. The van der Waals surface area contributed by atoms with Crippen molar-refractivity contribution in [1.29, 1.82) is 0 Å². The normalized spacial score (nSPS) is 14.8. The van der Waals surface area contributed by atoms with E-state index in [1.54, 1.807) is 6.07 Å². The number of carbonyl (C=O) groups is 1. The molecule has 0 unspecified atom stereocenters. The Morgan fingerprint density at radius 3 is 2.62 bits per heavy atom. The van der Waals surface area contributed by atoms with Crippen LogP contribution in [0.25, 0.3) is 0 Å². The zero-order chi connectivity index (χ0) is 15.6. The average molecular weight is 375 g/mol. The van der Waals surface area contributed by atoms with Crippen LogP contribution in [0.5, 0.6) is 0 Å². The molecule has 21 heavy (non-hydrogen) atoms. The fraction of sp³-hybridized carbons (Fsp3) is 0.500. The number of nitrogens with one attached hydrogen (secondary N) is 1. The van der Waals surface area contributed by atoms with Gasteiger partial charge in [-0.15, -0.1) is 0 Å². The summed E-state index contributed by atoms with van der Waals surface area (Å²) in [4.78, 5) is 11.6. The quantitative estimate of drug-likeness (QED) is 0.828. The molecule has 0 heterocycles. The minimum Gasteiger partial charge on any atom is -0.354 e. The summed E-state index contributed by atoms with van der Waals surface area (Å²) in [6.45, 7) is 2.42. The van der Waals surface area contributed by atoms with Gasteiger partial charge in [-0.3, -0.25) is 9.10 Å². The second-order valence-corrected chi connectivity index (χ2v) is 8.15. The predicted octanol–water partition coefficient (Wildman–Crippen LogP) is 2.05. The van der Waals surface area contributed by atoms with Crippen LogP contribution in [0.3, 0.4) is 0 Å². The van der Waals surface area contributed by atoms with Crippen molar-refractivity contribution in [3.05, 3.63) is 28.2 Å². The number of rotatable bonds is 6. The highest BCUT2D eigenvalue weighted by Gasteiger charge is 2.29. The van der Waals surface area contributed by atoms with Crippen LogP contribution in [0.15, 0.2) is 22.7 Å². The van der Waals surface area contributed by atoms with Gasteiger partial charge in [0, 0.05) is 16.9 Å². The molecule has 7 heteroatoms. The Morgan fingerprint density at radius 1 is 1.43 bits per heavy atom. The van der Waals surface area contributed by atoms with Gasteiger partial charge in [0.1, 0.15) is 0 Å². The van der Waals surface area contributed by atoms with Crippen molar-refractivity contribution >= 4 is 37.5 Å². The number of nitrogens with zero attached hydrogens (tertiary/aromatic N) is 1. The summed E-state index contributed by atoms with van der Waals surface area (Å²) in [5.74, 6) is 0.155. The zero-order valence-corrected chi connectivity index (χ0v) is 14.5. The standard InChI is InChI=1S/C14H19BrN2O3S/c1-10-9-12(15)5-6-13(10)17(21(2,19)20)8-7-16-14(18)11-3-4-11/h5-6,9,11H,3-4,7-8H2,1-2H3,(H,16,18). The van der Waals surface area contributed by atoms with E-state index < -0.39 is 10.0 Å². The molecule has 0 atom stereocenters. The molecular weight excluding hydrogens is 356 g/mol. The molecular formula is C14H19BrN2O3S. The first-order chi connectivity index (χ1) is 9.79. The van der Waals surface area contributed by atoms with Crippen LogP contribution in [-0.2, 0) is 14.8 Å². The molecule has 1 aromatic rings. The molecule has 116 valence electrons. The van der Waals surface area contributed by atoms with E-state index in [-0.39, 0.29) is 18.4 Å². The smallest absolute Gasteiger partial charge is 0.232 e. The molecule has 1 aromatic carbocycles. The Hall–Kier alpha value is -1.08. The van der Waals surface area contributed by atoms with Crippen molar-refractivity contribution in [3.63, 3.8) is 0 Å². The number of hydrogen-bond donors (Lipinski definition) is 1. The Kier molecular flexibility index (Phi) is 4.93. The van der Waals surface area contributed by atoms with Crippen molar-refractivity contribution in [2.45, 2.75) is 19.8 Å². The zero-order valence-electron chi connectivity index (χ0n) is 12.1. The number of benzene rings is 1. The van der Waals surface area contributed by atoms with Crippen LogP contribution >= 0.6 is 15.9 Å². The van der Waals surface area contributed by atoms with Gasteiger partial charge in [0.15, 0.2) is 0 Å². The summed E-state index contributed by atoms with van der Waals surface area (Å²) in [5.41, 5.74) is 1.50. The minimum atomic E-state index is -3.39. The molecule has 0 bridgehead atoms. The first kappa shape index (κ1) is 16.3. The van der Waals surface area contributed by atoms with Gasteiger partial charge in [-0.05, 0) is 43.5 Å². The number of halogens is 1. The van der Waals surface area contributed by atoms with E-state index in [2.05, 4.69) is 21.2 Å². The van der Waals surface area contributed by atoms with Gasteiger partial charge >= 0.3 is 0 Å². The van der Waals surface area contributed by atoms with Gasteiger partial charge in [-0.1, -0.05) is 15.9 Å². The maximum absolute atomic E-state index is 12.0. The molecule has 2 rings (SSSR count). The molecule has 0 aromatic heterocycles. The van der Waals surface area contributed by atoms with E-state index in [9.17, 15) is 13.2 Å². The summed E-state index contributed by atoms with van der Waals surface area (Å²) < 4.78 is 26.2. The molecule has 1 aliphatic rings. The lowest BCUT2D eigenvalue weighted by Gasteiger charge is -2.24. The molecule has 0 spiro atoms. The summed E-state index contributed by atoms with van der Waals surface area (Å²) in [6.07, 6.45) is 3.05. The Labute approximate surface area is 133 Å². The number of amides is 1. The molecule has 0 radical (unpaired) electrons. The highest BCUT2D eigenvalue weighted by molar-refractivity contribution is 9.10. The van der Waals surface area contributed by atoms with Crippen LogP contribution < -0.4 is 9.62 Å². The summed E-state index contributed by atoms with van der Waals surface area (Å²) in [5, 5.41) is 2.79. The van der Waals surface area contributed by atoms with Crippen molar-refractivity contribution in [3.8, 4) is 0 Å². The molecule has 1 fully saturated rings. The van der Waals surface area contributed by atoms with Gasteiger partial charge in [0.05, 0.1) is 18.5 Å². The van der Waals surface area contributed by atoms with Gasteiger partial charge in [0.2, 0.25) is 15.9 Å². The molecule has 1 saturated carbocycles. The summed E-state index contributed by atoms with van der Waals surface area (Å²) >= 11 is 3.37. The second kappa shape index (κ2) is 6.36. The highest BCUT2D eigenvalue weighted by Crippen LogP contribution is 2.29. The third-order valence-corrected chi connectivity index (χ3v) is 5.06. The van der Waals surface area contributed by atoms with Gasteiger partial charge in [-0.2, -0.15) is 0 Å². The fourth-order valence-electron chi connectivity index (χ4n) is 2.13. The first-order valence-electron chi connectivity index (χ1n) is 6.80. The van der Waals surface area contributed by atoms with E-state index in [4.69, 9.17) is 0 Å². The fourth-order valence-corrected chi connectivity index (χ4v) is 3.59. The lowest BCUT2D eigenvalue weighted by molar-refractivity contribution is -0.122. The van der Waals surface area contributed by atoms with E-state index in [0.29, 0.717) is 12.2 Å². The molecule has 5 nitrogen and oxygen atoms in total. The average Bonchev–Trinajstić information content (AvgIpc) is 3.18. The SMILES string of the molecule is Cc1cc(Br)ccc1N(CCNC(=O)C1CC1)S(C)(=O)=O. The van der Waals surface area contributed by atoms with Crippen molar-refractivity contribution in [2.75, 3.05) is 23.7 Å². The third kappa shape index (κ3) is 4.44. The highest BCUT2D eigenvalue weighted by atomic mass is 79.9. The van der Waals surface area contributed by atoms with Crippen LogP contribution in [0.2, 0.25) is 0 Å². The lowest BCUT2D eigenvalue weighted by Crippen LogP contribution is -2.38. The van der Waals surface area contributed by atoms with Gasteiger partial charge in [0.25, 0.3) is 0 Å². The van der Waals surface area contributed by atoms with Crippen molar-refractivity contribution in [2.24, 2.45) is 5.92 Å². The molecule has 1 amide bonds. The predicted molar refractivity (Wildman–Crippen MR) is 86.8 cm³/mol. The maximum atomic E-state index is 12.0. The summed E-state index contributed by atoms with van der Waals surface area (Å²) in [6, 6.07) is 5.45. The Morgan fingerprint density at radius 2 is 2.10 bits per heavy atom.